The molecule has 2 aromatic rings. The normalized spacial score (nSPS) is 17.2. The van der Waals surface area contributed by atoms with Gasteiger partial charge in [-0.05, 0) is 48.9 Å². The SMILES string of the molecule is COc1ccc(C(=O)[C@H]2CCCN(C(=O)CCc3cccs3)C2)cc1F. The molecular formula is C20H22FNO3S. The Hall–Kier alpha value is -2.21. The zero-order valence-corrected chi connectivity index (χ0v) is 15.6. The van der Waals surface area contributed by atoms with Gasteiger partial charge in [0.05, 0.1) is 7.11 Å². The van der Waals surface area contributed by atoms with Crippen LogP contribution in [0.3, 0.4) is 0 Å². The molecule has 0 bridgehead atoms. The molecule has 26 heavy (non-hydrogen) atoms. The third-order valence-corrected chi connectivity index (χ3v) is 5.68. The van der Waals surface area contributed by atoms with Gasteiger partial charge in [0.15, 0.2) is 17.3 Å². The summed E-state index contributed by atoms with van der Waals surface area (Å²) in [5.74, 6) is -0.727. The minimum Gasteiger partial charge on any atom is -0.494 e. The monoisotopic (exact) mass is 375 g/mol. The molecule has 0 radical (unpaired) electrons. The molecule has 0 spiro atoms. The molecule has 1 fully saturated rings. The molecule has 0 saturated carbocycles. The number of aryl methyl sites for hydroxylation is 1. The number of benzene rings is 1. The minimum absolute atomic E-state index is 0.0804. The summed E-state index contributed by atoms with van der Waals surface area (Å²) in [6, 6.07) is 8.28. The van der Waals surface area contributed by atoms with Crippen molar-refractivity contribution in [1.29, 1.82) is 0 Å². The number of ketones is 1. The second-order valence-corrected chi connectivity index (χ2v) is 7.50. The number of likely N-dealkylation sites (tertiary alicyclic amines) is 1. The second-order valence-electron chi connectivity index (χ2n) is 6.47. The van der Waals surface area contributed by atoms with E-state index in [1.807, 2.05) is 17.5 Å². The summed E-state index contributed by atoms with van der Waals surface area (Å²) in [6.07, 6.45) is 2.70. The molecule has 1 saturated heterocycles. The highest BCUT2D eigenvalue weighted by atomic mass is 32.1. The van der Waals surface area contributed by atoms with Crippen LogP contribution in [0.2, 0.25) is 0 Å². The summed E-state index contributed by atoms with van der Waals surface area (Å²) in [5.41, 5.74) is 0.334. The van der Waals surface area contributed by atoms with E-state index in [1.54, 1.807) is 22.3 Å². The quantitative estimate of drug-likeness (QED) is 0.718. The molecule has 4 nitrogen and oxygen atoms in total. The van der Waals surface area contributed by atoms with Crippen molar-refractivity contribution in [3.8, 4) is 5.75 Å². The predicted octanol–water partition coefficient (Wildman–Crippen LogP) is 3.95. The van der Waals surface area contributed by atoms with Crippen LogP contribution in [-0.4, -0.2) is 36.8 Å². The van der Waals surface area contributed by atoms with Crippen molar-refractivity contribution >= 4 is 23.0 Å². The summed E-state index contributed by atoms with van der Waals surface area (Å²) in [4.78, 5) is 28.2. The predicted molar refractivity (Wildman–Crippen MR) is 99.2 cm³/mol. The molecule has 1 aliphatic rings. The van der Waals surface area contributed by atoms with E-state index in [0.29, 0.717) is 25.1 Å². The summed E-state index contributed by atoms with van der Waals surface area (Å²) in [6.45, 7) is 1.10. The van der Waals surface area contributed by atoms with E-state index in [2.05, 4.69) is 0 Å². The summed E-state index contributed by atoms with van der Waals surface area (Å²) in [7, 11) is 1.39. The number of carbonyl (C=O) groups is 2. The lowest BCUT2D eigenvalue weighted by atomic mass is 9.89. The lowest BCUT2D eigenvalue weighted by molar-refractivity contribution is -0.132. The van der Waals surface area contributed by atoms with Crippen LogP contribution in [-0.2, 0) is 11.2 Å². The van der Waals surface area contributed by atoms with Crippen molar-refractivity contribution in [2.24, 2.45) is 5.92 Å². The van der Waals surface area contributed by atoms with Gasteiger partial charge in [0.25, 0.3) is 0 Å². The molecule has 1 aromatic heterocycles. The number of halogens is 1. The van der Waals surface area contributed by atoms with Gasteiger partial charge in [-0.25, -0.2) is 4.39 Å². The van der Waals surface area contributed by atoms with Gasteiger partial charge in [-0.3, -0.25) is 9.59 Å². The molecule has 0 aliphatic carbocycles. The number of piperidine rings is 1. The molecule has 3 rings (SSSR count). The molecule has 1 aliphatic heterocycles. The van der Waals surface area contributed by atoms with Gasteiger partial charge in [-0.2, -0.15) is 0 Å². The first-order valence-electron chi connectivity index (χ1n) is 8.76. The molecule has 6 heteroatoms. The average Bonchev–Trinajstić information content (AvgIpc) is 3.19. The fourth-order valence-corrected chi connectivity index (χ4v) is 4.03. The fourth-order valence-electron chi connectivity index (χ4n) is 3.32. The summed E-state index contributed by atoms with van der Waals surface area (Å²) in [5, 5.41) is 2.00. The molecule has 1 aromatic carbocycles. The van der Waals surface area contributed by atoms with Gasteiger partial charge in [0, 0.05) is 35.9 Å². The highest BCUT2D eigenvalue weighted by Gasteiger charge is 2.29. The van der Waals surface area contributed by atoms with Gasteiger partial charge in [-0.15, -0.1) is 11.3 Å². The number of hydrogen-bond donors (Lipinski definition) is 0. The number of carbonyl (C=O) groups excluding carboxylic acids is 2. The summed E-state index contributed by atoms with van der Waals surface area (Å²) >= 11 is 1.65. The van der Waals surface area contributed by atoms with Crippen molar-refractivity contribution in [3.05, 3.63) is 52.0 Å². The molecule has 1 amide bonds. The Labute approximate surface area is 156 Å². The van der Waals surface area contributed by atoms with Crippen LogP contribution in [0, 0.1) is 11.7 Å². The smallest absolute Gasteiger partial charge is 0.222 e. The Morgan fingerprint density at radius 2 is 2.19 bits per heavy atom. The molecule has 1 atom stereocenters. The number of thiophene rings is 1. The van der Waals surface area contributed by atoms with Crippen LogP contribution in [0.4, 0.5) is 4.39 Å². The standard InChI is InChI=1S/C20H22FNO3S/c1-25-18-8-6-14(12-17(18)21)20(24)15-4-2-10-22(13-15)19(23)9-7-16-5-3-11-26-16/h3,5-6,8,11-12,15H,2,4,7,9-10,13H2,1H3/t15-/m0/s1. The first-order valence-corrected chi connectivity index (χ1v) is 9.64. The number of nitrogens with zero attached hydrogens (tertiary/aromatic N) is 1. The molecule has 0 N–H and O–H groups in total. The second kappa shape index (κ2) is 8.45. The van der Waals surface area contributed by atoms with Crippen LogP contribution in [0.25, 0.3) is 0 Å². The first-order chi connectivity index (χ1) is 12.6. The maximum atomic E-state index is 13.9. The van der Waals surface area contributed by atoms with Gasteiger partial charge in [0.1, 0.15) is 0 Å². The molecule has 0 unspecified atom stereocenters. The van der Waals surface area contributed by atoms with Crippen molar-refractivity contribution in [2.75, 3.05) is 20.2 Å². The third kappa shape index (κ3) is 4.30. The van der Waals surface area contributed by atoms with E-state index in [4.69, 9.17) is 4.74 Å². The Balaban J connectivity index is 1.61. The number of amides is 1. The number of rotatable bonds is 6. The maximum absolute atomic E-state index is 13.9. The fraction of sp³-hybridized carbons (Fsp3) is 0.400. The number of methoxy groups -OCH3 is 1. The lowest BCUT2D eigenvalue weighted by Crippen LogP contribution is -2.42. The minimum atomic E-state index is -0.543. The van der Waals surface area contributed by atoms with Crippen molar-refractivity contribution in [1.82, 2.24) is 4.90 Å². The maximum Gasteiger partial charge on any atom is 0.222 e. The van der Waals surface area contributed by atoms with E-state index in [1.165, 1.54) is 24.1 Å². The van der Waals surface area contributed by atoms with E-state index in [0.717, 1.165) is 19.3 Å². The van der Waals surface area contributed by atoms with Gasteiger partial charge in [0.2, 0.25) is 5.91 Å². The van der Waals surface area contributed by atoms with Crippen LogP contribution in [0.5, 0.6) is 5.75 Å². The first kappa shape index (κ1) is 18.6. The lowest BCUT2D eigenvalue weighted by Gasteiger charge is -2.32. The number of hydrogen-bond acceptors (Lipinski definition) is 4. The molecular weight excluding hydrogens is 353 g/mol. The van der Waals surface area contributed by atoms with Crippen LogP contribution >= 0.6 is 11.3 Å². The Kier molecular flexibility index (Phi) is 6.04. The van der Waals surface area contributed by atoms with E-state index < -0.39 is 5.82 Å². The van der Waals surface area contributed by atoms with Gasteiger partial charge in [-0.1, -0.05) is 6.07 Å². The largest absolute Gasteiger partial charge is 0.494 e. The van der Waals surface area contributed by atoms with Gasteiger partial charge < -0.3 is 9.64 Å². The zero-order chi connectivity index (χ0) is 18.5. The van der Waals surface area contributed by atoms with E-state index >= 15 is 0 Å². The Morgan fingerprint density at radius 3 is 2.88 bits per heavy atom. The number of Topliss-reactive ketones (excluding diaryl/α,β-unsaturated/α-hetero) is 1. The van der Waals surface area contributed by atoms with Crippen LogP contribution < -0.4 is 4.74 Å². The molecule has 2 heterocycles. The van der Waals surface area contributed by atoms with Crippen molar-refractivity contribution in [2.45, 2.75) is 25.7 Å². The third-order valence-electron chi connectivity index (χ3n) is 4.75. The van der Waals surface area contributed by atoms with Crippen molar-refractivity contribution < 1.29 is 18.7 Å². The van der Waals surface area contributed by atoms with E-state index in [-0.39, 0.29) is 23.4 Å². The van der Waals surface area contributed by atoms with Crippen LogP contribution in [0.15, 0.2) is 35.7 Å². The topological polar surface area (TPSA) is 46.6 Å². The van der Waals surface area contributed by atoms with E-state index in [9.17, 15) is 14.0 Å². The Bertz CT molecular complexity index is 775. The van der Waals surface area contributed by atoms with Crippen LogP contribution in [0.1, 0.15) is 34.5 Å². The molecule has 138 valence electrons. The highest BCUT2D eigenvalue weighted by Crippen LogP contribution is 2.25. The summed E-state index contributed by atoms with van der Waals surface area (Å²) < 4.78 is 18.8. The Morgan fingerprint density at radius 1 is 1.35 bits per heavy atom. The highest BCUT2D eigenvalue weighted by molar-refractivity contribution is 7.09. The zero-order valence-electron chi connectivity index (χ0n) is 14.7. The number of ether oxygens (including phenoxy) is 1. The average molecular weight is 375 g/mol. The van der Waals surface area contributed by atoms with Gasteiger partial charge >= 0.3 is 0 Å². The van der Waals surface area contributed by atoms with Crippen molar-refractivity contribution in [3.63, 3.8) is 0 Å².